The quantitative estimate of drug-likeness (QED) is 0.893. The zero-order valence-electron chi connectivity index (χ0n) is 13.8. The molecule has 0 bridgehead atoms. The molecule has 5 heteroatoms. The molecule has 1 aromatic heterocycles. The first-order chi connectivity index (χ1) is 11.5. The summed E-state index contributed by atoms with van der Waals surface area (Å²) in [5.41, 5.74) is 14.0. The summed E-state index contributed by atoms with van der Waals surface area (Å²) in [4.78, 5) is 0. The topological polar surface area (TPSA) is 46.2 Å². The second kappa shape index (κ2) is 6.47. The van der Waals surface area contributed by atoms with Crippen LogP contribution in [0.5, 0.6) is 0 Å². The van der Waals surface area contributed by atoms with Crippen molar-refractivity contribution in [1.29, 1.82) is 0 Å². The van der Waals surface area contributed by atoms with Crippen LogP contribution in [0.2, 0.25) is 0 Å². The summed E-state index contributed by atoms with van der Waals surface area (Å²) < 4.78 is 15.3. The van der Waals surface area contributed by atoms with Gasteiger partial charge in [0.25, 0.3) is 0 Å². The zero-order chi connectivity index (χ0) is 17.3. The van der Waals surface area contributed by atoms with Crippen LogP contribution in [-0.2, 0) is 7.05 Å². The maximum atomic E-state index is 13.3. The van der Waals surface area contributed by atoms with E-state index in [-0.39, 0.29) is 12.0 Å². The molecule has 0 saturated carbocycles. The first-order valence-corrected chi connectivity index (χ1v) is 7.71. The average molecular weight is 324 g/mol. The molecule has 1 aromatic carbocycles. The Hall–Kier alpha value is -2.63. The molecule has 24 heavy (non-hydrogen) atoms. The summed E-state index contributed by atoms with van der Waals surface area (Å²) in [6, 6.07) is 8.42. The summed E-state index contributed by atoms with van der Waals surface area (Å²) >= 11 is 0. The lowest BCUT2D eigenvalue weighted by Crippen LogP contribution is -2.46. The Morgan fingerprint density at radius 1 is 1.12 bits per heavy atom. The van der Waals surface area contributed by atoms with Crippen LogP contribution in [0.15, 0.2) is 67.0 Å². The van der Waals surface area contributed by atoms with Crippen molar-refractivity contribution in [1.82, 2.24) is 15.0 Å². The smallest absolute Gasteiger partial charge is 0.123 e. The molecule has 0 fully saturated rings. The van der Waals surface area contributed by atoms with Crippen LogP contribution in [0.3, 0.4) is 0 Å². The van der Waals surface area contributed by atoms with Gasteiger partial charge in [0, 0.05) is 37.6 Å². The van der Waals surface area contributed by atoms with Crippen LogP contribution < -0.4 is 11.2 Å². The lowest BCUT2D eigenvalue weighted by Gasteiger charge is -2.29. The zero-order valence-corrected chi connectivity index (χ0v) is 13.8. The molecule has 1 unspecified atom stereocenters. The number of hydrogen-bond donors (Lipinski definition) is 2. The van der Waals surface area contributed by atoms with E-state index in [1.807, 2.05) is 54.3 Å². The Bertz CT molecular complexity index is 814. The van der Waals surface area contributed by atoms with Gasteiger partial charge in [-0.25, -0.2) is 9.40 Å². The van der Waals surface area contributed by atoms with Crippen LogP contribution in [0, 0.1) is 5.82 Å². The van der Waals surface area contributed by atoms with E-state index in [2.05, 4.69) is 12.0 Å². The third-order valence-corrected chi connectivity index (χ3v) is 4.05. The lowest BCUT2D eigenvalue weighted by atomic mass is 9.94. The lowest BCUT2D eigenvalue weighted by molar-refractivity contribution is 0.240. The SMILES string of the molecule is C=C1/C=C\C(N)N(C)N/C(c2ccc(F)cc2)=C\1c1ccn(C)c1. The standard InChI is InChI=1S/C19H21FN4/c1-13-4-9-17(21)24(3)22-19(14-5-7-16(20)8-6-14)18(13)15-10-11-23(2)12-15/h4-12,17,22H,1,21H2,2-3H3/b9-4-,19-18+. The maximum Gasteiger partial charge on any atom is 0.123 e. The first-order valence-electron chi connectivity index (χ1n) is 7.71. The van der Waals surface area contributed by atoms with Gasteiger partial charge in [-0.3, -0.25) is 0 Å². The van der Waals surface area contributed by atoms with Crippen molar-refractivity contribution in [2.45, 2.75) is 6.17 Å². The highest BCUT2D eigenvalue weighted by Crippen LogP contribution is 2.32. The molecule has 1 atom stereocenters. The molecule has 0 saturated heterocycles. The largest absolute Gasteiger partial charge is 0.357 e. The highest BCUT2D eigenvalue weighted by Gasteiger charge is 2.19. The number of rotatable bonds is 2. The predicted molar refractivity (Wildman–Crippen MR) is 95.8 cm³/mol. The van der Waals surface area contributed by atoms with E-state index in [4.69, 9.17) is 5.73 Å². The summed E-state index contributed by atoms with van der Waals surface area (Å²) in [5.74, 6) is -0.268. The number of nitrogens with one attached hydrogen (secondary N) is 1. The molecule has 0 radical (unpaired) electrons. The van der Waals surface area contributed by atoms with Gasteiger partial charge in [-0.15, -0.1) is 0 Å². The Morgan fingerprint density at radius 2 is 1.83 bits per heavy atom. The monoisotopic (exact) mass is 324 g/mol. The Balaban J connectivity index is 2.22. The van der Waals surface area contributed by atoms with Crippen molar-refractivity contribution >= 4 is 11.3 Å². The Morgan fingerprint density at radius 3 is 2.46 bits per heavy atom. The normalized spacial score (nSPS) is 23.5. The molecule has 124 valence electrons. The van der Waals surface area contributed by atoms with Crippen LogP contribution in [0.1, 0.15) is 11.1 Å². The minimum atomic E-state index is -0.297. The second-order valence-electron chi connectivity index (χ2n) is 5.92. The summed E-state index contributed by atoms with van der Waals surface area (Å²) in [6.45, 7) is 4.19. The number of aromatic nitrogens is 1. The number of halogens is 1. The highest BCUT2D eigenvalue weighted by atomic mass is 19.1. The third kappa shape index (κ3) is 3.18. The minimum Gasteiger partial charge on any atom is -0.357 e. The van der Waals surface area contributed by atoms with Crippen LogP contribution in [0.4, 0.5) is 4.39 Å². The van der Waals surface area contributed by atoms with Gasteiger partial charge in [0.05, 0.1) is 11.9 Å². The van der Waals surface area contributed by atoms with E-state index in [1.165, 1.54) is 12.1 Å². The number of nitrogens with two attached hydrogens (primary N) is 1. The fourth-order valence-electron chi connectivity index (χ4n) is 2.70. The van der Waals surface area contributed by atoms with Crippen molar-refractivity contribution < 1.29 is 4.39 Å². The average Bonchev–Trinajstić information content (AvgIpc) is 2.97. The van der Waals surface area contributed by atoms with Crippen LogP contribution in [-0.4, -0.2) is 22.8 Å². The van der Waals surface area contributed by atoms with Crippen LogP contribution in [0.25, 0.3) is 11.3 Å². The van der Waals surface area contributed by atoms with Crippen molar-refractivity contribution in [3.63, 3.8) is 0 Å². The first kappa shape index (κ1) is 16.2. The second-order valence-corrected chi connectivity index (χ2v) is 5.92. The fraction of sp³-hybridized carbons (Fsp3) is 0.158. The van der Waals surface area contributed by atoms with Gasteiger partial charge < -0.3 is 15.7 Å². The molecule has 1 aliphatic rings. The summed E-state index contributed by atoms with van der Waals surface area (Å²) in [7, 11) is 3.84. The molecule has 3 rings (SSSR count). The van der Waals surface area contributed by atoms with Crippen molar-refractivity contribution in [3.05, 3.63) is 84.0 Å². The molecule has 3 N–H and O–H groups in total. The number of hydrazine groups is 1. The molecule has 0 amide bonds. The molecule has 2 heterocycles. The summed E-state index contributed by atoms with van der Waals surface area (Å²) in [6.07, 6.45) is 7.53. The van der Waals surface area contributed by atoms with Gasteiger partial charge in [0.1, 0.15) is 5.82 Å². The number of likely N-dealkylation sites (N-methyl/N-ethyl adjacent to an activating group) is 1. The van der Waals surface area contributed by atoms with Crippen molar-refractivity contribution in [3.8, 4) is 0 Å². The Labute approximate surface area is 141 Å². The maximum absolute atomic E-state index is 13.3. The fourth-order valence-corrected chi connectivity index (χ4v) is 2.70. The van der Waals surface area contributed by atoms with Crippen molar-refractivity contribution in [2.75, 3.05) is 7.05 Å². The number of nitrogens with zero attached hydrogens (tertiary/aromatic N) is 2. The van der Waals surface area contributed by atoms with Gasteiger partial charge in [-0.05, 0) is 41.5 Å². The van der Waals surface area contributed by atoms with Gasteiger partial charge in [-0.1, -0.05) is 18.7 Å². The molecule has 0 spiro atoms. The summed E-state index contributed by atoms with van der Waals surface area (Å²) in [5, 5.41) is 1.81. The molecule has 0 aliphatic carbocycles. The van der Waals surface area contributed by atoms with E-state index in [1.54, 1.807) is 12.1 Å². The van der Waals surface area contributed by atoms with E-state index in [9.17, 15) is 4.39 Å². The van der Waals surface area contributed by atoms with Gasteiger partial charge in [0.15, 0.2) is 0 Å². The van der Waals surface area contributed by atoms with E-state index < -0.39 is 0 Å². The number of aryl methyl sites for hydroxylation is 1. The number of allylic oxidation sites excluding steroid dienone is 3. The van der Waals surface area contributed by atoms with E-state index in [0.717, 1.165) is 28.0 Å². The van der Waals surface area contributed by atoms with Gasteiger partial charge in [0.2, 0.25) is 0 Å². The van der Waals surface area contributed by atoms with Gasteiger partial charge >= 0.3 is 0 Å². The minimum absolute atomic E-state index is 0.268. The Kier molecular flexibility index (Phi) is 4.38. The molecular formula is C19H21FN4. The number of benzene rings is 1. The number of hydrogen-bond acceptors (Lipinski definition) is 3. The van der Waals surface area contributed by atoms with Crippen molar-refractivity contribution in [2.24, 2.45) is 12.8 Å². The molecule has 2 aromatic rings. The molecule has 1 aliphatic heterocycles. The molecule has 4 nitrogen and oxygen atoms in total. The predicted octanol–water partition coefficient (Wildman–Crippen LogP) is 2.88. The molecular weight excluding hydrogens is 303 g/mol. The van der Waals surface area contributed by atoms with E-state index in [0.29, 0.717) is 0 Å². The highest BCUT2D eigenvalue weighted by molar-refractivity contribution is 5.98. The third-order valence-electron chi connectivity index (χ3n) is 4.05. The van der Waals surface area contributed by atoms with Gasteiger partial charge in [-0.2, -0.15) is 0 Å². The van der Waals surface area contributed by atoms with E-state index >= 15 is 0 Å². The van der Waals surface area contributed by atoms with Crippen LogP contribution >= 0.6 is 0 Å².